The zero-order valence-electron chi connectivity index (χ0n) is 7.00. The van der Waals surface area contributed by atoms with Crippen LogP contribution in [0.4, 0.5) is 0 Å². The van der Waals surface area contributed by atoms with Crippen LogP contribution in [0.15, 0.2) is 11.7 Å². The Balaban J connectivity index is 2.29. The van der Waals surface area contributed by atoms with Gasteiger partial charge in [-0.15, -0.1) is 11.3 Å². The van der Waals surface area contributed by atoms with Crippen molar-refractivity contribution in [3.8, 4) is 0 Å². The molecule has 1 aromatic heterocycles. The summed E-state index contributed by atoms with van der Waals surface area (Å²) < 4.78 is 0. The Kier molecular flexibility index (Phi) is 1.53. The van der Waals surface area contributed by atoms with Crippen molar-refractivity contribution >= 4 is 11.3 Å². The predicted octanol–water partition coefficient (Wildman–Crippen LogP) is 2.83. The summed E-state index contributed by atoms with van der Waals surface area (Å²) in [4.78, 5) is 5.62. The number of aromatic nitrogens is 1. The lowest BCUT2D eigenvalue weighted by Crippen LogP contribution is -2.12. The van der Waals surface area contributed by atoms with Crippen molar-refractivity contribution in [2.45, 2.75) is 32.1 Å². The monoisotopic (exact) mass is 167 g/mol. The van der Waals surface area contributed by atoms with Crippen LogP contribution in [0.2, 0.25) is 0 Å². The lowest BCUT2D eigenvalue weighted by Gasteiger charge is -2.16. The molecule has 1 fully saturated rings. The fourth-order valence-electron chi connectivity index (χ4n) is 1.70. The average Bonchev–Trinajstić information content (AvgIpc) is 2.61. The van der Waals surface area contributed by atoms with Gasteiger partial charge in [-0.25, -0.2) is 0 Å². The maximum absolute atomic E-state index is 4.13. The molecule has 1 aliphatic carbocycles. The van der Waals surface area contributed by atoms with Gasteiger partial charge in [0.05, 0.1) is 5.51 Å². The van der Waals surface area contributed by atoms with Crippen molar-refractivity contribution in [3.63, 3.8) is 0 Å². The lowest BCUT2D eigenvalue weighted by molar-refractivity contribution is 0.488. The summed E-state index contributed by atoms with van der Waals surface area (Å²) >= 11 is 1.81. The molecule has 0 atom stereocenters. The molecular weight excluding hydrogens is 154 g/mol. The molecule has 11 heavy (non-hydrogen) atoms. The molecule has 1 saturated carbocycles. The van der Waals surface area contributed by atoms with Crippen LogP contribution in [0.3, 0.4) is 0 Å². The van der Waals surface area contributed by atoms with E-state index in [-0.39, 0.29) is 0 Å². The van der Waals surface area contributed by atoms with Gasteiger partial charge in [0.2, 0.25) is 0 Å². The number of rotatable bonds is 2. The van der Waals surface area contributed by atoms with Gasteiger partial charge in [0.15, 0.2) is 0 Å². The van der Waals surface area contributed by atoms with Crippen LogP contribution in [0, 0.1) is 5.92 Å². The molecule has 0 radical (unpaired) electrons. The van der Waals surface area contributed by atoms with E-state index >= 15 is 0 Å². The van der Waals surface area contributed by atoms with E-state index < -0.39 is 0 Å². The average molecular weight is 167 g/mol. The third-order valence-electron chi connectivity index (χ3n) is 2.82. The second-order valence-corrected chi connectivity index (χ2v) is 4.56. The summed E-state index contributed by atoms with van der Waals surface area (Å²) in [6.45, 7) is 4.62. The second-order valence-electron chi connectivity index (χ2n) is 3.68. The van der Waals surface area contributed by atoms with Gasteiger partial charge < -0.3 is 0 Å². The third kappa shape index (κ3) is 1.00. The molecule has 1 aliphatic rings. The Bertz CT molecular complexity index is 234. The van der Waals surface area contributed by atoms with Crippen LogP contribution in [-0.2, 0) is 5.41 Å². The second kappa shape index (κ2) is 2.31. The Morgan fingerprint density at radius 2 is 2.27 bits per heavy atom. The zero-order chi connectivity index (χ0) is 7.90. The van der Waals surface area contributed by atoms with Crippen molar-refractivity contribution in [1.82, 2.24) is 4.98 Å². The molecule has 0 aliphatic heterocycles. The van der Waals surface area contributed by atoms with E-state index in [1.807, 2.05) is 23.0 Å². The van der Waals surface area contributed by atoms with Gasteiger partial charge in [0.1, 0.15) is 0 Å². The first kappa shape index (κ1) is 7.29. The van der Waals surface area contributed by atoms with E-state index in [1.165, 1.54) is 17.7 Å². The summed E-state index contributed by atoms with van der Waals surface area (Å²) in [5.41, 5.74) is 2.47. The van der Waals surface area contributed by atoms with Crippen LogP contribution >= 0.6 is 11.3 Å². The molecule has 0 unspecified atom stereocenters. The van der Waals surface area contributed by atoms with Crippen LogP contribution in [0.25, 0.3) is 0 Å². The molecule has 0 spiro atoms. The minimum Gasteiger partial charge on any atom is -0.253 e. The molecule has 0 N–H and O–H groups in total. The van der Waals surface area contributed by atoms with E-state index in [2.05, 4.69) is 18.8 Å². The molecule has 1 heterocycles. The summed E-state index contributed by atoms with van der Waals surface area (Å²) in [6, 6.07) is 0. The van der Waals surface area contributed by atoms with Gasteiger partial charge in [-0.3, -0.25) is 4.98 Å². The maximum atomic E-state index is 4.13. The highest BCUT2D eigenvalue weighted by Gasteiger charge is 2.47. The van der Waals surface area contributed by atoms with E-state index in [0.717, 1.165) is 5.92 Å². The molecule has 2 heteroatoms. The molecule has 0 saturated heterocycles. The quantitative estimate of drug-likeness (QED) is 0.660. The van der Waals surface area contributed by atoms with Crippen LogP contribution < -0.4 is 0 Å². The molecule has 1 aromatic rings. The Morgan fingerprint density at radius 1 is 1.55 bits per heavy atom. The smallest absolute Gasteiger partial charge is 0.0794 e. The lowest BCUT2D eigenvalue weighted by atomic mass is 9.91. The van der Waals surface area contributed by atoms with Crippen molar-refractivity contribution in [2.24, 2.45) is 5.92 Å². The number of hydrogen-bond acceptors (Lipinski definition) is 2. The van der Waals surface area contributed by atoms with E-state index in [4.69, 9.17) is 0 Å². The van der Waals surface area contributed by atoms with E-state index in [9.17, 15) is 0 Å². The van der Waals surface area contributed by atoms with Gasteiger partial charge in [-0.2, -0.15) is 0 Å². The standard InChI is InChI=1S/C9H13NS/c1-7(2)9(3-4-9)8-5-10-6-11-8/h5-7H,3-4H2,1-2H3. The fourth-order valence-corrected chi connectivity index (χ4v) is 2.74. The molecule has 0 aromatic carbocycles. The van der Waals surface area contributed by atoms with Gasteiger partial charge in [0.25, 0.3) is 0 Å². The molecule has 0 amide bonds. The normalized spacial score (nSPS) is 20.6. The Hall–Kier alpha value is -0.370. The third-order valence-corrected chi connectivity index (χ3v) is 3.81. The van der Waals surface area contributed by atoms with E-state index in [0.29, 0.717) is 5.41 Å². The summed E-state index contributed by atoms with van der Waals surface area (Å²) in [5, 5.41) is 0. The summed E-state index contributed by atoms with van der Waals surface area (Å²) in [7, 11) is 0. The highest BCUT2D eigenvalue weighted by molar-refractivity contribution is 7.09. The van der Waals surface area contributed by atoms with Crippen molar-refractivity contribution in [2.75, 3.05) is 0 Å². The maximum Gasteiger partial charge on any atom is 0.0794 e. The van der Waals surface area contributed by atoms with E-state index in [1.54, 1.807) is 0 Å². The molecule has 0 bridgehead atoms. The summed E-state index contributed by atoms with van der Waals surface area (Å²) in [6.07, 6.45) is 4.78. The largest absolute Gasteiger partial charge is 0.253 e. The first-order valence-electron chi connectivity index (χ1n) is 4.15. The van der Waals surface area contributed by atoms with Gasteiger partial charge >= 0.3 is 0 Å². The van der Waals surface area contributed by atoms with Crippen LogP contribution in [0.1, 0.15) is 31.6 Å². The zero-order valence-corrected chi connectivity index (χ0v) is 7.82. The molecule has 1 nitrogen and oxygen atoms in total. The van der Waals surface area contributed by atoms with Crippen LogP contribution in [0.5, 0.6) is 0 Å². The number of hydrogen-bond donors (Lipinski definition) is 0. The SMILES string of the molecule is CC(C)C1(c2cncs2)CC1. The molecule has 2 rings (SSSR count). The van der Waals surface area contributed by atoms with Crippen molar-refractivity contribution < 1.29 is 0 Å². The molecule has 60 valence electrons. The van der Waals surface area contributed by atoms with Crippen LogP contribution in [-0.4, -0.2) is 4.98 Å². The first-order valence-corrected chi connectivity index (χ1v) is 5.03. The Morgan fingerprint density at radius 3 is 2.64 bits per heavy atom. The van der Waals surface area contributed by atoms with Gasteiger partial charge in [-0.05, 0) is 18.8 Å². The van der Waals surface area contributed by atoms with Gasteiger partial charge in [0, 0.05) is 16.5 Å². The highest BCUT2D eigenvalue weighted by Crippen LogP contribution is 2.54. The minimum atomic E-state index is 0.529. The topological polar surface area (TPSA) is 12.9 Å². The Labute approximate surface area is 71.5 Å². The number of nitrogens with zero attached hydrogens (tertiary/aromatic N) is 1. The molecular formula is C9H13NS. The van der Waals surface area contributed by atoms with Crippen molar-refractivity contribution in [3.05, 3.63) is 16.6 Å². The predicted molar refractivity (Wildman–Crippen MR) is 47.9 cm³/mol. The number of thiazole rings is 1. The highest BCUT2D eigenvalue weighted by atomic mass is 32.1. The minimum absolute atomic E-state index is 0.529. The van der Waals surface area contributed by atoms with Gasteiger partial charge in [-0.1, -0.05) is 13.8 Å². The summed E-state index contributed by atoms with van der Waals surface area (Å²) in [5.74, 6) is 0.781. The fraction of sp³-hybridized carbons (Fsp3) is 0.667. The van der Waals surface area contributed by atoms with Crippen molar-refractivity contribution in [1.29, 1.82) is 0 Å². The first-order chi connectivity index (χ1) is 5.26.